The van der Waals surface area contributed by atoms with Gasteiger partial charge in [0, 0.05) is 5.88 Å². The summed E-state index contributed by atoms with van der Waals surface area (Å²) in [6.45, 7) is 1.56. The first-order chi connectivity index (χ1) is 12.2. The van der Waals surface area contributed by atoms with Gasteiger partial charge >= 0.3 is 18.2 Å². The summed E-state index contributed by atoms with van der Waals surface area (Å²) in [5.41, 5.74) is -0.387. The number of esters is 1. The molecule has 7 nitrogen and oxygen atoms in total. The molecule has 2 rings (SSSR count). The van der Waals surface area contributed by atoms with E-state index in [0.29, 0.717) is 0 Å². The van der Waals surface area contributed by atoms with Crippen molar-refractivity contribution < 1.29 is 31.9 Å². The van der Waals surface area contributed by atoms with Crippen LogP contribution in [0, 0.1) is 5.92 Å². The molecule has 1 amide bonds. The minimum atomic E-state index is -4.45. The summed E-state index contributed by atoms with van der Waals surface area (Å²) in [7, 11) is 0. The lowest BCUT2D eigenvalue weighted by atomic mass is 10.2. The van der Waals surface area contributed by atoms with Crippen molar-refractivity contribution in [1.82, 2.24) is 11.1 Å². The molecule has 1 heterocycles. The number of ether oxygens (including phenoxy) is 1. The zero-order valence-corrected chi connectivity index (χ0v) is 14.9. The van der Waals surface area contributed by atoms with Crippen molar-refractivity contribution in [3.05, 3.63) is 41.8 Å². The average molecular weight is 408 g/mol. The smallest absolute Gasteiger partial charge is 0.394 e. The van der Waals surface area contributed by atoms with E-state index in [-0.39, 0.29) is 29.0 Å². The molecule has 0 aliphatic heterocycles. The van der Waals surface area contributed by atoms with Crippen LogP contribution in [0.3, 0.4) is 0 Å². The SMILES string of the molecule is CC(CCl)C(=O)Oc1ccccc1C(=O)Nc1nc(CC(F)(F)F)co1.N. The Labute approximate surface area is 157 Å². The molecule has 0 saturated carbocycles. The number of alkyl halides is 4. The molecule has 11 heteroatoms. The van der Waals surface area contributed by atoms with Crippen LogP contribution in [0.1, 0.15) is 23.0 Å². The number of benzene rings is 1. The highest BCUT2D eigenvalue weighted by Crippen LogP contribution is 2.23. The second-order valence-electron chi connectivity index (χ2n) is 5.36. The maximum atomic E-state index is 12.3. The number of oxazole rings is 1. The first-order valence-corrected chi connectivity index (χ1v) is 7.92. The van der Waals surface area contributed by atoms with Crippen molar-refractivity contribution >= 4 is 29.5 Å². The molecule has 4 N–H and O–H groups in total. The zero-order chi connectivity index (χ0) is 19.3. The number of carbonyl (C=O) groups excluding carboxylic acids is 2. The molecule has 2 aromatic rings. The Balaban J connectivity index is 0.00000364. The largest absolute Gasteiger partial charge is 0.432 e. The lowest BCUT2D eigenvalue weighted by Gasteiger charge is -2.11. The molecule has 1 unspecified atom stereocenters. The predicted molar refractivity (Wildman–Crippen MR) is 91.2 cm³/mol. The number of hydrogen-bond donors (Lipinski definition) is 2. The number of carbonyl (C=O) groups is 2. The van der Waals surface area contributed by atoms with Crippen LogP contribution in [0.2, 0.25) is 0 Å². The maximum Gasteiger partial charge on any atom is 0.394 e. The van der Waals surface area contributed by atoms with Gasteiger partial charge in [-0.3, -0.25) is 14.9 Å². The van der Waals surface area contributed by atoms with E-state index in [1.54, 1.807) is 13.0 Å². The lowest BCUT2D eigenvalue weighted by molar-refractivity contribution is -0.137. The Kier molecular flexibility index (Phi) is 7.80. The molecule has 0 aliphatic carbocycles. The van der Waals surface area contributed by atoms with Crippen LogP contribution in [-0.2, 0) is 11.2 Å². The number of anilines is 1. The fourth-order valence-electron chi connectivity index (χ4n) is 1.83. The van der Waals surface area contributed by atoms with E-state index >= 15 is 0 Å². The highest BCUT2D eigenvalue weighted by atomic mass is 35.5. The normalized spacial score (nSPS) is 12.0. The van der Waals surface area contributed by atoms with Crippen molar-refractivity contribution in [2.24, 2.45) is 5.92 Å². The minimum Gasteiger partial charge on any atom is -0.432 e. The van der Waals surface area contributed by atoms with Gasteiger partial charge in [-0.15, -0.1) is 11.6 Å². The van der Waals surface area contributed by atoms with Crippen LogP contribution in [0.4, 0.5) is 19.2 Å². The fraction of sp³-hybridized carbons (Fsp3) is 0.312. The van der Waals surface area contributed by atoms with Gasteiger partial charge in [0.25, 0.3) is 5.91 Å². The van der Waals surface area contributed by atoms with Crippen LogP contribution in [0.15, 0.2) is 34.9 Å². The van der Waals surface area contributed by atoms with Gasteiger partial charge in [-0.05, 0) is 12.1 Å². The van der Waals surface area contributed by atoms with Crippen LogP contribution in [0.5, 0.6) is 5.75 Å². The first-order valence-electron chi connectivity index (χ1n) is 7.39. The summed E-state index contributed by atoms with van der Waals surface area (Å²) in [6.07, 6.45) is -4.92. The van der Waals surface area contributed by atoms with Crippen LogP contribution < -0.4 is 16.2 Å². The molecule has 1 aromatic heterocycles. The van der Waals surface area contributed by atoms with Crippen LogP contribution in [-0.4, -0.2) is 28.9 Å². The second kappa shape index (κ2) is 9.38. The second-order valence-corrected chi connectivity index (χ2v) is 5.67. The Morgan fingerprint density at radius 2 is 2.00 bits per heavy atom. The summed E-state index contributed by atoms with van der Waals surface area (Å²) < 4.78 is 46.9. The predicted octanol–water partition coefficient (Wildman–Crippen LogP) is 3.97. The topological polar surface area (TPSA) is 116 Å². The highest BCUT2D eigenvalue weighted by molar-refractivity contribution is 6.19. The molecule has 0 bridgehead atoms. The number of amides is 1. The van der Waals surface area contributed by atoms with Gasteiger partial charge in [-0.1, -0.05) is 19.1 Å². The average Bonchev–Trinajstić information content (AvgIpc) is 2.99. The van der Waals surface area contributed by atoms with Crippen LogP contribution in [0.25, 0.3) is 0 Å². The monoisotopic (exact) mass is 407 g/mol. The van der Waals surface area contributed by atoms with E-state index in [0.717, 1.165) is 6.26 Å². The molecule has 1 aromatic carbocycles. The van der Waals surface area contributed by atoms with Gasteiger partial charge in [-0.25, -0.2) is 0 Å². The molecule has 0 aliphatic rings. The third-order valence-corrected chi connectivity index (χ3v) is 3.59. The number of hydrogen-bond acceptors (Lipinski definition) is 6. The highest BCUT2D eigenvalue weighted by Gasteiger charge is 2.29. The van der Waals surface area contributed by atoms with Gasteiger partial charge in [0.1, 0.15) is 12.0 Å². The quantitative estimate of drug-likeness (QED) is 0.425. The van der Waals surface area contributed by atoms with E-state index in [1.807, 2.05) is 0 Å². The van der Waals surface area contributed by atoms with Gasteiger partial charge in [0.15, 0.2) is 0 Å². The van der Waals surface area contributed by atoms with Gasteiger partial charge < -0.3 is 15.3 Å². The minimum absolute atomic E-state index is 0. The number of halogens is 4. The zero-order valence-electron chi connectivity index (χ0n) is 14.2. The van der Waals surface area contributed by atoms with Crippen molar-refractivity contribution in [2.45, 2.75) is 19.5 Å². The summed E-state index contributed by atoms with van der Waals surface area (Å²) in [6, 6.07) is 5.46. The molecule has 0 saturated heterocycles. The van der Waals surface area contributed by atoms with Crippen molar-refractivity contribution in [3.8, 4) is 5.75 Å². The number of rotatable bonds is 6. The lowest BCUT2D eigenvalue weighted by Crippen LogP contribution is -2.21. The standard InChI is InChI=1S/C16H14ClF3N2O4.H3N/c1-9(7-17)14(24)26-12-5-3-2-4-11(12)13(23)22-15-21-10(8-25-15)6-16(18,19)20;/h2-5,8-9H,6-7H2,1H3,(H,21,22,23);1H3. The number of para-hydroxylation sites is 1. The molecule has 0 fully saturated rings. The van der Waals surface area contributed by atoms with Crippen molar-refractivity contribution in [3.63, 3.8) is 0 Å². The number of nitrogens with one attached hydrogen (secondary N) is 1. The van der Waals surface area contributed by atoms with Gasteiger partial charge in [0.2, 0.25) is 0 Å². The molecular weight excluding hydrogens is 391 g/mol. The fourth-order valence-corrected chi connectivity index (χ4v) is 1.96. The summed E-state index contributed by atoms with van der Waals surface area (Å²) in [5, 5.41) is 2.22. The van der Waals surface area contributed by atoms with E-state index in [9.17, 15) is 22.8 Å². The van der Waals surface area contributed by atoms with Gasteiger partial charge in [0.05, 0.1) is 23.6 Å². The van der Waals surface area contributed by atoms with E-state index < -0.39 is 36.4 Å². The summed E-state index contributed by atoms with van der Waals surface area (Å²) in [5.74, 6) is -1.93. The molecule has 1 atom stereocenters. The van der Waals surface area contributed by atoms with Crippen molar-refractivity contribution in [1.29, 1.82) is 0 Å². The Bertz CT molecular complexity index is 795. The Hall–Kier alpha value is -2.59. The van der Waals surface area contributed by atoms with Crippen LogP contribution >= 0.6 is 11.6 Å². The summed E-state index contributed by atoms with van der Waals surface area (Å²) >= 11 is 5.59. The molecule has 148 valence electrons. The maximum absolute atomic E-state index is 12.3. The van der Waals surface area contributed by atoms with Crippen molar-refractivity contribution in [2.75, 3.05) is 11.2 Å². The van der Waals surface area contributed by atoms with Gasteiger partial charge in [-0.2, -0.15) is 18.2 Å². The molecule has 27 heavy (non-hydrogen) atoms. The molecule has 0 spiro atoms. The summed E-state index contributed by atoms with van der Waals surface area (Å²) in [4.78, 5) is 27.7. The third-order valence-electron chi connectivity index (χ3n) is 3.13. The van der Waals surface area contributed by atoms with E-state index in [2.05, 4.69) is 10.3 Å². The van der Waals surface area contributed by atoms with E-state index in [1.165, 1.54) is 18.2 Å². The molecule has 0 radical (unpaired) electrons. The molecular formula is C16H17ClF3N3O4. The Morgan fingerprint density at radius 1 is 1.33 bits per heavy atom. The number of nitrogens with zero attached hydrogens (tertiary/aromatic N) is 1. The first kappa shape index (κ1) is 22.5. The Morgan fingerprint density at radius 3 is 2.63 bits per heavy atom. The number of aromatic nitrogens is 1. The third kappa shape index (κ3) is 6.57. The van der Waals surface area contributed by atoms with E-state index in [4.69, 9.17) is 20.8 Å².